The number of rotatable bonds is 8. The Balaban J connectivity index is 1.29. The second-order valence-corrected chi connectivity index (χ2v) is 9.43. The molecule has 0 aromatic rings. The van der Waals surface area contributed by atoms with Gasteiger partial charge in [0, 0.05) is 58.8 Å². The number of nitrogens with zero attached hydrogens (tertiary/aromatic N) is 5. The third-order valence-electron chi connectivity index (χ3n) is 7.32. The summed E-state index contributed by atoms with van der Waals surface area (Å²) in [5.41, 5.74) is 5.42. The highest BCUT2D eigenvalue weighted by molar-refractivity contribution is 5.82. The lowest BCUT2D eigenvalue weighted by Gasteiger charge is -2.39. The summed E-state index contributed by atoms with van der Waals surface area (Å²) in [5.74, 6) is 1.18. The van der Waals surface area contributed by atoms with E-state index in [0.29, 0.717) is 0 Å². The summed E-state index contributed by atoms with van der Waals surface area (Å²) in [6, 6.07) is -0.0294. The molecular formula is C23H43N7O2. The molecular weight excluding hydrogens is 406 g/mol. The monoisotopic (exact) mass is 449 g/mol. The van der Waals surface area contributed by atoms with Crippen LogP contribution in [0.5, 0.6) is 0 Å². The van der Waals surface area contributed by atoms with Crippen molar-refractivity contribution in [3.63, 3.8) is 0 Å². The maximum atomic E-state index is 12.7. The van der Waals surface area contributed by atoms with Gasteiger partial charge in [0.1, 0.15) is 0 Å². The molecule has 1 unspecified atom stereocenters. The maximum absolute atomic E-state index is 12.7. The van der Waals surface area contributed by atoms with E-state index in [2.05, 4.69) is 31.9 Å². The number of primary amides is 1. The molecule has 0 aromatic heterocycles. The first-order valence-corrected chi connectivity index (χ1v) is 12.5. The standard InChI is InChI=1S/C23H43N7O2/c1-19(22(32)29-11-5-6-12-29)28-15-17-30(18-16-28)23(25-2)26-9-3-4-10-27-13-7-20(8-14-27)21(24)31/h19-20H,3-18H2,1-2H3,(H2,24,31)(H,25,26). The minimum atomic E-state index is -0.145. The third-order valence-corrected chi connectivity index (χ3v) is 7.32. The summed E-state index contributed by atoms with van der Waals surface area (Å²) >= 11 is 0. The number of carbonyl (C=O) groups excluding carboxylic acids is 2. The zero-order valence-electron chi connectivity index (χ0n) is 20.1. The van der Waals surface area contributed by atoms with E-state index in [1.165, 1.54) is 0 Å². The van der Waals surface area contributed by atoms with Gasteiger partial charge in [-0.05, 0) is 65.1 Å². The normalized spacial score (nSPS) is 22.9. The molecule has 3 rings (SSSR count). The summed E-state index contributed by atoms with van der Waals surface area (Å²) < 4.78 is 0. The smallest absolute Gasteiger partial charge is 0.239 e. The summed E-state index contributed by atoms with van der Waals surface area (Å²) in [4.78, 5) is 37.5. The average Bonchev–Trinajstić information content (AvgIpc) is 3.36. The first-order chi connectivity index (χ1) is 15.5. The fourth-order valence-corrected chi connectivity index (χ4v) is 5.11. The molecule has 0 aliphatic carbocycles. The second kappa shape index (κ2) is 12.4. The molecule has 2 amide bonds. The van der Waals surface area contributed by atoms with Crippen molar-refractivity contribution in [3.8, 4) is 0 Å². The predicted octanol–water partition coefficient (Wildman–Crippen LogP) is 0.168. The van der Waals surface area contributed by atoms with Crippen LogP contribution in [0, 0.1) is 5.92 Å². The molecule has 182 valence electrons. The number of guanidine groups is 1. The van der Waals surface area contributed by atoms with Gasteiger partial charge in [-0.15, -0.1) is 0 Å². The molecule has 9 nitrogen and oxygen atoms in total. The van der Waals surface area contributed by atoms with Gasteiger partial charge in [-0.3, -0.25) is 19.5 Å². The zero-order chi connectivity index (χ0) is 22.9. The Labute approximate surface area is 193 Å². The fraction of sp³-hybridized carbons (Fsp3) is 0.870. The second-order valence-electron chi connectivity index (χ2n) is 9.43. The zero-order valence-corrected chi connectivity index (χ0v) is 20.1. The lowest BCUT2D eigenvalue weighted by molar-refractivity contribution is -0.135. The minimum Gasteiger partial charge on any atom is -0.369 e. The minimum absolute atomic E-state index is 0.0294. The highest BCUT2D eigenvalue weighted by Crippen LogP contribution is 2.17. The third kappa shape index (κ3) is 6.81. The van der Waals surface area contributed by atoms with Crippen LogP contribution >= 0.6 is 0 Å². The summed E-state index contributed by atoms with van der Waals surface area (Å²) in [5, 5.41) is 3.51. The molecule has 3 heterocycles. The van der Waals surface area contributed by atoms with Crippen molar-refractivity contribution in [3.05, 3.63) is 0 Å². The lowest BCUT2D eigenvalue weighted by atomic mass is 9.96. The van der Waals surface area contributed by atoms with Gasteiger partial charge in [0.25, 0.3) is 0 Å². The maximum Gasteiger partial charge on any atom is 0.239 e. The molecule has 3 aliphatic rings. The van der Waals surface area contributed by atoms with Crippen LogP contribution in [0.15, 0.2) is 4.99 Å². The molecule has 0 aromatic carbocycles. The van der Waals surface area contributed by atoms with Crippen molar-refractivity contribution in [2.45, 2.75) is 51.5 Å². The van der Waals surface area contributed by atoms with Crippen LogP contribution in [-0.4, -0.2) is 116 Å². The molecule has 9 heteroatoms. The van der Waals surface area contributed by atoms with Gasteiger partial charge in [-0.2, -0.15) is 0 Å². The van der Waals surface area contributed by atoms with Gasteiger partial charge in [0.05, 0.1) is 6.04 Å². The van der Waals surface area contributed by atoms with Gasteiger partial charge in [0.15, 0.2) is 5.96 Å². The molecule has 0 radical (unpaired) electrons. The Hall–Kier alpha value is -1.87. The topological polar surface area (TPSA) is 97.5 Å². The van der Waals surface area contributed by atoms with Gasteiger partial charge < -0.3 is 25.8 Å². The Morgan fingerprint density at radius 1 is 0.969 bits per heavy atom. The number of aliphatic imine (C=N–C) groups is 1. The number of hydrogen-bond acceptors (Lipinski definition) is 5. The molecule has 0 spiro atoms. The van der Waals surface area contributed by atoms with Crippen molar-refractivity contribution < 1.29 is 9.59 Å². The van der Waals surface area contributed by atoms with Crippen LogP contribution in [0.1, 0.15) is 45.4 Å². The molecule has 3 N–H and O–H groups in total. The first-order valence-electron chi connectivity index (χ1n) is 12.5. The van der Waals surface area contributed by atoms with E-state index >= 15 is 0 Å². The van der Waals surface area contributed by atoms with E-state index in [9.17, 15) is 9.59 Å². The largest absolute Gasteiger partial charge is 0.369 e. The van der Waals surface area contributed by atoms with E-state index in [-0.39, 0.29) is 23.8 Å². The first kappa shape index (κ1) is 24.8. The number of carbonyl (C=O) groups is 2. The van der Waals surface area contributed by atoms with Crippen molar-refractivity contribution in [1.82, 2.24) is 24.9 Å². The molecule has 0 bridgehead atoms. The predicted molar refractivity (Wildman–Crippen MR) is 127 cm³/mol. The molecule has 1 atom stereocenters. The number of piperazine rings is 1. The van der Waals surface area contributed by atoms with Crippen LogP contribution in [0.25, 0.3) is 0 Å². The molecule has 3 fully saturated rings. The van der Waals surface area contributed by atoms with Crippen LogP contribution in [-0.2, 0) is 9.59 Å². The number of unbranched alkanes of at least 4 members (excludes halogenated alkanes) is 1. The Morgan fingerprint density at radius 2 is 1.62 bits per heavy atom. The Kier molecular flexibility index (Phi) is 9.59. The molecule has 0 saturated carbocycles. The quantitative estimate of drug-likeness (QED) is 0.311. The molecule has 3 saturated heterocycles. The van der Waals surface area contributed by atoms with Crippen molar-refractivity contribution in [2.24, 2.45) is 16.6 Å². The van der Waals surface area contributed by atoms with E-state index in [0.717, 1.165) is 110 Å². The van der Waals surface area contributed by atoms with Crippen molar-refractivity contribution in [1.29, 1.82) is 0 Å². The van der Waals surface area contributed by atoms with Crippen LogP contribution in [0.2, 0.25) is 0 Å². The fourth-order valence-electron chi connectivity index (χ4n) is 5.11. The Morgan fingerprint density at radius 3 is 2.22 bits per heavy atom. The SMILES string of the molecule is CN=C(NCCCCN1CCC(C(N)=O)CC1)N1CCN(C(C)C(=O)N2CCCC2)CC1. The van der Waals surface area contributed by atoms with Crippen LogP contribution < -0.4 is 11.1 Å². The van der Waals surface area contributed by atoms with Crippen molar-refractivity contribution in [2.75, 3.05) is 72.5 Å². The highest BCUT2D eigenvalue weighted by Gasteiger charge is 2.30. The van der Waals surface area contributed by atoms with E-state index < -0.39 is 0 Å². The summed E-state index contributed by atoms with van der Waals surface area (Å²) in [6.07, 6.45) is 6.30. The van der Waals surface area contributed by atoms with E-state index in [1.807, 2.05) is 11.9 Å². The van der Waals surface area contributed by atoms with Crippen LogP contribution in [0.4, 0.5) is 0 Å². The molecule has 3 aliphatic heterocycles. The van der Waals surface area contributed by atoms with E-state index in [4.69, 9.17) is 5.73 Å². The van der Waals surface area contributed by atoms with Gasteiger partial charge >= 0.3 is 0 Å². The summed E-state index contributed by atoms with van der Waals surface area (Å²) in [6.45, 7) is 11.4. The lowest BCUT2D eigenvalue weighted by Crippen LogP contribution is -2.57. The average molecular weight is 450 g/mol. The highest BCUT2D eigenvalue weighted by atomic mass is 16.2. The van der Waals surface area contributed by atoms with Gasteiger partial charge in [0.2, 0.25) is 11.8 Å². The number of likely N-dealkylation sites (tertiary alicyclic amines) is 2. The number of amides is 2. The number of piperidine rings is 1. The number of hydrogen-bond donors (Lipinski definition) is 2. The number of nitrogens with one attached hydrogen (secondary N) is 1. The Bertz CT molecular complexity index is 634. The van der Waals surface area contributed by atoms with Gasteiger partial charge in [-0.25, -0.2) is 0 Å². The van der Waals surface area contributed by atoms with Crippen molar-refractivity contribution >= 4 is 17.8 Å². The number of nitrogens with two attached hydrogens (primary N) is 1. The van der Waals surface area contributed by atoms with Gasteiger partial charge in [-0.1, -0.05) is 0 Å². The summed E-state index contributed by atoms with van der Waals surface area (Å²) in [7, 11) is 1.84. The molecule has 32 heavy (non-hydrogen) atoms. The van der Waals surface area contributed by atoms with E-state index in [1.54, 1.807) is 0 Å². The van der Waals surface area contributed by atoms with Crippen LogP contribution in [0.3, 0.4) is 0 Å².